The van der Waals surface area contributed by atoms with E-state index in [4.69, 9.17) is 0 Å². The summed E-state index contributed by atoms with van der Waals surface area (Å²) in [4.78, 5) is 1.42. The second-order valence-corrected chi connectivity index (χ2v) is 3.18. The number of rotatable bonds is 2. The van der Waals surface area contributed by atoms with E-state index < -0.39 is 28.8 Å². The summed E-state index contributed by atoms with van der Waals surface area (Å²) in [6, 6.07) is 0.198. The molecule has 0 bridgehead atoms. The van der Waals surface area contributed by atoms with Crippen molar-refractivity contribution in [1.82, 2.24) is 4.90 Å². The molecule has 14 heavy (non-hydrogen) atoms. The third-order valence-corrected chi connectivity index (χ3v) is 1.68. The molecule has 0 saturated carbocycles. The van der Waals surface area contributed by atoms with E-state index in [1.54, 1.807) is 14.1 Å². The van der Waals surface area contributed by atoms with Crippen molar-refractivity contribution in [3.8, 4) is 0 Å². The highest BCUT2D eigenvalue weighted by Gasteiger charge is 2.18. The van der Waals surface area contributed by atoms with Gasteiger partial charge in [0.1, 0.15) is 0 Å². The highest BCUT2D eigenvalue weighted by molar-refractivity contribution is 5.22. The summed E-state index contributed by atoms with van der Waals surface area (Å²) in [5, 5.41) is 0. The molecule has 1 rings (SSSR count). The van der Waals surface area contributed by atoms with Crippen molar-refractivity contribution in [1.29, 1.82) is 0 Å². The Morgan fingerprint density at radius 1 is 1.00 bits per heavy atom. The Kier molecular flexibility index (Phi) is 3.10. The van der Waals surface area contributed by atoms with Gasteiger partial charge in [-0.3, -0.25) is 0 Å². The van der Waals surface area contributed by atoms with Crippen LogP contribution in [-0.2, 0) is 6.54 Å². The normalized spacial score (nSPS) is 11.1. The molecule has 0 spiro atoms. The van der Waals surface area contributed by atoms with Crippen LogP contribution in [-0.4, -0.2) is 19.0 Å². The van der Waals surface area contributed by atoms with E-state index >= 15 is 0 Å². The fourth-order valence-electron chi connectivity index (χ4n) is 1.08. The van der Waals surface area contributed by atoms with Crippen LogP contribution in [0.15, 0.2) is 6.07 Å². The first kappa shape index (κ1) is 11.0. The van der Waals surface area contributed by atoms with E-state index in [0.717, 1.165) is 0 Å². The molecule has 1 nitrogen and oxygen atoms in total. The maximum Gasteiger partial charge on any atom is 0.166 e. The largest absolute Gasteiger partial charge is 0.305 e. The first-order valence-corrected chi connectivity index (χ1v) is 3.90. The zero-order chi connectivity index (χ0) is 10.9. The van der Waals surface area contributed by atoms with Crippen molar-refractivity contribution in [2.75, 3.05) is 14.1 Å². The lowest BCUT2D eigenvalue weighted by atomic mass is 10.1. The minimum Gasteiger partial charge on any atom is -0.305 e. The van der Waals surface area contributed by atoms with Crippen LogP contribution in [0.3, 0.4) is 0 Å². The molecule has 0 N–H and O–H groups in total. The summed E-state index contributed by atoms with van der Waals surface area (Å²) in [5.74, 6) is -5.42. The molecular formula is C9H9F4N. The smallest absolute Gasteiger partial charge is 0.166 e. The molecule has 0 amide bonds. The maximum absolute atomic E-state index is 13.0. The van der Waals surface area contributed by atoms with Gasteiger partial charge in [0.2, 0.25) is 0 Å². The van der Waals surface area contributed by atoms with Gasteiger partial charge in [-0.05, 0) is 14.1 Å². The van der Waals surface area contributed by atoms with Crippen molar-refractivity contribution in [2.24, 2.45) is 0 Å². The topological polar surface area (TPSA) is 3.24 Å². The van der Waals surface area contributed by atoms with Gasteiger partial charge in [-0.2, -0.15) is 0 Å². The molecule has 0 radical (unpaired) electrons. The van der Waals surface area contributed by atoms with Gasteiger partial charge >= 0.3 is 0 Å². The molecule has 0 aliphatic carbocycles. The molecule has 0 aromatic heterocycles. The standard InChI is InChI=1S/C9H9F4N/c1-14(2)4-5-8(12)6(10)3-7(11)9(5)13/h3H,4H2,1-2H3. The molecule has 0 atom stereocenters. The average molecular weight is 207 g/mol. The third kappa shape index (κ3) is 2.04. The summed E-state index contributed by atoms with van der Waals surface area (Å²) in [6.45, 7) is -0.188. The summed E-state index contributed by atoms with van der Waals surface area (Å²) in [7, 11) is 3.09. The number of benzene rings is 1. The second kappa shape index (κ2) is 3.96. The summed E-state index contributed by atoms with van der Waals surface area (Å²) in [6.07, 6.45) is 0. The lowest BCUT2D eigenvalue weighted by Crippen LogP contribution is -2.15. The monoisotopic (exact) mass is 207 g/mol. The average Bonchev–Trinajstić information content (AvgIpc) is 2.09. The van der Waals surface area contributed by atoms with Crippen LogP contribution in [0, 0.1) is 23.3 Å². The lowest BCUT2D eigenvalue weighted by Gasteiger charge is -2.11. The predicted molar refractivity (Wildman–Crippen MR) is 43.7 cm³/mol. The van der Waals surface area contributed by atoms with Gasteiger partial charge in [0.25, 0.3) is 0 Å². The molecule has 0 unspecified atom stereocenters. The molecule has 0 fully saturated rings. The van der Waals surface area contributed by atoms with Crippen molar-refractivity contribution < 1.29 is 17.6 Å². The van der Waals surface area contributed by atoms with Crippen LogP contribution in [0.2, 0.25) is 0 Å². The van der Waals surface area contributed by atoms with E-state index in [2.05, 4.69) is 0 Å². The number of hydrogen-bond donors (Lipinski definition) is 0. The Hall–Kier alpha value is -1.10. The zero-order valence-corrected chi connectivity index (χ0v) is 7.74. The zero-order valence-electron chi connectivity index (χ0n) is 7.74. The SMILES string of the molecule is CN(C)Cc1c(F)c(F)cc(F)c1F. The predicted octanol–water partition coefficient (Wildman–Crippen LogP) is 2.30. The van der Waals surface area contributed by atoms with E-state index in [0.29, 0.717) is 0 Å². The Morgan fingerprint density at radius 3 is 1.79 bits per heavy atom. The molecule has 78 valence electrons. The number of nitrogens with zero attached hydrogens (tertiary/aromatic N) is 1. The molecular weight excluding hydrogens is 198 g/mol. The van der Waals surface area contributed by atoms with Gasteiger partial charge in [-0.1, -0.05) is 0 Å². The van der Waals surface area contributed by atoms with Crippen molar-refractivity contribution >= 4 is 0 Å². The highest BCUT2D eigenvalue weighted by Crippen LogP contribution is 2.19. The molecule has 1 aromatic rings. The first-order chi connectivity index (χ1) is 6.43. The van der Waals surface area contributed by atoms with Gasteiger partial charge < -0.3 is 4.90 Å². The van der Waals surface area contributed by atoms with Crippen molar-refractivity contribution in [3.63, 3.8) is 0 Å². The molecule has 0 aliphatic rings. The van der Waals surface area contributed by atoms with Gasteiger partial charge in [0, 0.05) is 18.2 Å². The third-order valence-electron chi connectivity index (χ3n) is 1.68. The van der Waals surface area contributed by atoms with Gasteiger partial charge in [-0.15, -0.1) is 0 Å². The van der Waals surface area contributed by atoms with Crippen molar-refractivity contribution in [2.45, 2.75) is 6.54 Å². The Morgan fingerprint density at radius 2 is 1.43 bits per heavy atom. The van der Waals surface area contributed by atoms with Crippen LogP contribution in [0.25, 0.3) is 0 Å². The van der Waals surface area contributed by atoms with Crippen LogP contribution < -0.4 is 0 Å². The highest BCUT2D eigenvalue weighted by atomic mass is 19.2. The molecule has 0 aliphatic heterocycles. The minimum absolute atomic E-state index is 0.188. The van der Waals surface area contributed by atoms with Crippen molar-refractivity contribution in [3.05, 3.63) is 34.9 Å². The van der Waals surface area contributed by atoms with E-state index in [9.17, 15) is 17.6 Å². The first-order valence-electron chi connectivity index (χ1n) is 3.90. The van der Waals surface area contributed by atoms with Gasteiger partial charge in [0.05, 0.1) is 0 Å². The van der Waals surface area contributed by atoms with E-state index in [-0.39, 0.29) is 12.6 Å². The van der Waals surface area contributed by atoms with E-state index in [1.807, 2.05) is 0 Å². The maximum atomic E-state index is 13.0. The molecule has 5 heteroatoms. The van der Waals surface area contributed by atoms with Gasteiger partial charge in [0.15, 0.2) is 23.3 Å². The van der Waals surface area contributed by atoms with Crippen LogP contribution >= 0.6 is 0 Å². The molecule has 1 aromatic carbocycles. The van der Waals surface area contributed by atoms with Gasteiger partial charge in [-0.25, -0.2) is 17.6 Å². The summed E-state index contributed by atoms with van der Waals surface area (Å²) >= 11 is 0. The summed E-state index contributed by atoms with van der Waals surface area (Å²) < 4.78 is 51.3. The fraction of sp³-hybridized carbons (Fsp3) is 0.333. The van der Waals surface area contributed by atoms with Crippen LogP contribution in [0.5, 0.6) is 0 Å². The number of hydrogen-bond acceptors (Lipinski definition) is 1. The Bertz CT molecular complexity index is 323. The second-order valence-electron chi connectivity index (χ2n) is 3.18. The summed E-state index contributed by atoms with van der Waals surface area (Å²) in [5.41, 5.74) is -0.590. The Balaban J connectivity index is 3.25. The number of halogens is 4. The molecule has 0 heterocycles. The minimum atomic E-state index is -1.37. The molecule has 0 saturated heterocycles. The lowest BCUT2D eigenvalue weighted by molar-refractivity contribution is 0.362. The van der Waals surface area contributed by atoms with Crippen LogP contribution in [0.4, 0.5) is 17.6 Å². The van der Waals surface area contributed by atoms with Crippen LogP contribution in [0.1, 0.15) is 5.56 Å². The quantitative estimate of drug-likeness (QED) is 0.531. The van der Waals surface area contributed by atoms with E-state index in [1.165, 1.54) is 4.90 Å². The fourth-order valence-corrected chi connectivity index (χ4v) is 1.08. The Labute approximate surface area is 78.9 Å².